The molecule has 3 rings (SSSR count). The molecule has 7 nitrogen and oxygen atoms in total. The van der Waals surface area contributed by atoms with Gasteiger partial charge >= 0.3 is 6.03 Å². The number of ether oxygens (including phenoxy) is 1. The molecule has 2 aromatic carbocycles. The van der Waals surface area contributed by atoms with Gasteiger partial charge in [0.15, 0.2) is 5.13 Å². The number of carbonyl (C=O) groups excluding carboxylic acids is 2. The van der Waals surface area contributed by atoms with Crippen molar-refractivity contribution in [3.05, 3.63) is 64.7 Å². The largest absolute Gasteiger partial charge is 0.494 e. The Morgan fingerprint density at radius 2 is 1.76 bits per heavy atom. The van der Waals surface area contributed by atoms with Crippen LogP contribution in [-0.4, -0.2) is 23.5 Å². The number of rotatable bonds is 6. The van der Waals surface area contributed by atoms with Crippen molar-refractivity contribution in [2.24, 2.45) is 0 Å². The molecule has 0 saturated carbocycles. The molecule has 0 unspecified atom stereocenters. The summed E-state index contributed by atoms with van der Waals surface area (Å²) < 4.78 is 5.39. The normalized spacial score (nSPS) is 10.3. The van der Waals surface area contributed by atoms with E-state index in [1.807, 2.05) is 32.0 Å². The lowest BCUT2D eigenvalue weighted by molar-refractivity contribution is 0.102. The number of thiazole rings is 1. The molecule has 0 fully saturated rings. The lowest BCUT2D eigenvalue weighted by Gasteiger charge is -2.06. The Kier molecular flexibility index (Phi) is 6.46. The summed E-state index contributed by atoms with van der Waals surface area (Å²) in [6, 6.07) is 14.2. The highest BCUT2D eigenvalue weighted by Crippen LogP contribution is 2.24. The number of amides is 3. The minimum Gasteiger partial charge on any atom is -0.494 e. The van der Waals surface area contributed by atoms with E-state index in [0.717, 1.165) is 22.6 Å². The second-order valence-corrected chi connectivity index (χ2v) is 7.29. The van der Waals surface area contributed by atoms with E-state index in [2.05, 4.69) is 20.9 Å². The van der Waals surface area contributed by atoms with Gasteiger partial charge in [-0.2, -0.15) is 0 Å². The average molecular weight is 410 g/mol. The first-order valence-corrected chi connectivity index (χ1v) is 9.92. The van der Waals surface area contributed by atoms with Gasteiger partial charge in [0, 0.05) is 11.4 Å². The van der Waals surface area contributed by atoms with E-state index < -0.39 is 6.03 Å². The molecule has 3 aromatic rings. The summed E-state index contributed by atoms with van der Waals surface area (Å²) in [4.78, 5) is 29.5. The van der Waals surface area contributed by atoms with Crippen LogP contribution < -0.4 is 20.7 Å². The van der Waals surface area contributed by atoms with Crippen LogP contribution in [0.5, 0.6) is 5.75 Å². The summed E-state index contributed by atoms with van der Waals surface area (Å²) >= 11 is 1.12. The predicted octanol–water partition coefficient (Wildman–Crippen LogP) is 5.05. The van der Waals surface area contributed by atoms with Gasteiger partial charge < -0.3 is 15.4 Å². The number of nitrogens with one attached hydrogen (secondary N) is 3. The molecule has 0 saturated heterocycles. The van der Waals surface area contributed by atoms with Crippen LogP contribution in [0.4, 0.5) is 21.3 Å². The van der Waals surface area contributed by atoms with Crippen molar-refractivity contribution in [1.82, 2.24) is 4.98 Å². The topological polar surface area (TPSA) is 92.4 Å². The molecule has 1 aromatic heterocycles. The zero-order valence-electron chi connectivity index (χ0n) is 16.4. The van der Waals surface area contributed by atoms with Crippen molar-refractivity contribution in [3.8, 4) is 5.75 Å². The first-order valence-electron chi connectivity index (χ1n) is 9.11. The van der Waals surface area contributed by atoms with Crippen LogP contribution in [0, 0.1) is 13.8 Å². The fraction of sp³-hybridized carbons (Fsp3) is 0.190. The number of nitrogens with zero attached hydrogens (tertiary/aromatic N) is 1. The number of aromatic nitrogens is 1. The van der Waals surface area contributed by atoms with Crippen LogP contribution in [0.15, 0.2) is 48.5 Å². The molecular weight excluding hydrogens is 388 g/mol. The van der Waals surface area contributed by atoms with Crippen LogP contribution in [-0.2, 0) is 0 Å². The van der Waals surface area contributed by atoms with Gasteiger partial charge in [0.2, 0.25) is 0 Å². The summed E-state index contributed by atoms with van der Waals surface area (Å²) in [7, 11) is 0. The highest BCUT2D eigenvalue weighted by molar-refractivity contribution is 7.17. The molecule has 8 heteroatoms. The zero-order valence-corrected chi connectivity index (χ0v) is 17.2. The maximum atomic E-state index is 12.6. The van der Waals surface area contributed by atoms with Gasteiger partial charge in [-0.25, -0.2) is 9.78 Å². The number of hydrogen-bond acceptors (Lipinski definition) is 5. The molecule has 3 N–H and O–H groups in total. The molecular formula is C21H22N4O3S. The maximum Gasteiger partial charge on any atom is 0.325 e. The van der Waals surface area contributed by atoms with E-state index in [4.69, 9.17) is 4.74 Å². The van der Waals surface area contributed by atoms with E-state index in [-0.39, 0.29) is 5.91 Å². The van der Waals surface area contributed by atoms with E-state index >= 15 is 0 Å². The second-order valence-electron chi connectivity index (χ2n) is 6.29. The zero-order chi connectivity index (χ0) is 20.8. The summed E-state index contributed by atoms with van der Waals surface area (Å²) in [6.45, 7) is 6.17. The molecule has 0 aliphatic rings. The van der Waals surface area contributed by atoms with Crippen molar-refractivity contribution >= 4 is 39.8 Å². The van der Waals surface area contributed by atoms with Crippen molar-refractivity contribution < 1.29 is 14.3 Å². The maximum absolute atomic E-state index is 12.6. The molecule has 3 amide bonds. The van der Waals surface area contributed by atoms with E-state index in [1.54, 1.807) is 37.3 Å². The van der Waals surface area contributed by atoms with Gasteiger partial charge in [0.05, 0.1) is 12.3 Å². The smallest absolute Gasteiger partial charge is 0.325 e. The molecule has 0 bridgehead atoms. The lowest BCUT2D eigenvalue weighted by Crippen LogP contribution is -2.19. The number of urea groups is 1. The van der Waals surface area contributed by atoms with Gasteiger partial charge in [-0.15, -0.1) is 0 Å². The Labute approximate surface area is 173 Å². The minimum absolute atomic E-state index is 0.281. The molecule has 0 atom stereocenters. The molecule has 1 heterocycles. The van der Waals surface area contributed by atoms with Gasteiger partial charge in [0.1, 0.15) is 10.6 Å². The number of anilines is 3. The van der Waals surface area contributed by atoms with Gasteiger partial charge in [0.25, 0.3) is 5.91 Å². The molecule has 0 spiro atoms. The van der Waals surface area contributed by atoms with Crippen molar-refractivity contribution in [2.75, 3.05) is 22.6 Å². The van der Waals surface area contributed by atoms with Crippen LogP contribution in [0.3, 0.4) is 0 Å². The van der Waals surface area contributed by atoms with Crippen molar-refractivity contribution in [3.63, 3.8) is 0 Å². The Morgan fingerprint density at radius 3 is 2.45 bits per heavy atom. The quantitative estimate of drug-likeness (QED) is 0.530. The summed E-state index contributed by atoms with van der Waals surface area (Å²) in [5.41, 5.74) is 2.92. The minimum atomic E-state index is -0.414. The molecule has 0 radical (unpaired) electrons. The van der Waals surface area contributed by atoms with Crippen molar-refractivity contribution in [2.45, 2.75) is 20.8 Å². The molecule has 0 aliphatic heterocycles. The Balaban J connectivity index is 1.62. The number of benzene rings is 2. The van der Waals surface area contributed by atoms with Gasteiger partial charge in [-0.3, -0.25) is 10.1 Å². The van der Waals surface area contributed by atoms with Crippen molar-refractivity contribution in [1.29, 1.82) is 0 Å². The second kappa shape index (κ2) is 9.20. The molecule has 29 heavy (non-hydrogen) atoms. The Morgan fingerprint density at radius 1 is 1.00 bits per heavy atom. The third-order valence-electron chi connectivity index (χ3n) is 3.92. The Bertz CT molecular complexity index is 1020. The van der Waals surface area contributed by atoms with Crippen LogP contribution in [0.25, 0.3) is 0 Å². The highest BCUT2D eigenvalue weighted by Gasteiger charge is 2.17. The number of aryl methyl sites for hydroxylation is 2. The van der Waals surface area contributed by atoms with E-state index in [1.165, 1.54) is 0 Å². The van der Waals surface area contributed by atoms with Crippen LogP contribution in [0.1, 0.15) is 27.9 Å². The lowest BCUT2D eigenvalue weighted by atomic mass is 10.2. The Hall–Kier alpha value is -3.39. The van der Waals surface area contributed by atoms with Gasteiger partial charge in [-0.05, 0) is 62.7 Å². The fourth-order valence-electron chi connectivity index (χ4n) is 2.63. The molecule has 150 valence electrons. The van der Waals surface area contributed by atoms with Crippen LogP contribution >= 0.6 is 11.3 Å². The SMILES string of the molecule is CCOc1ccc(NC(=O)c2sc(NC(=O)Nc3cccc(C)c3)nc2C)cc1. The standard InChI is InChI=1S/C21H22N4O3S/c1-4-28-17-10-8-15(9-11-17)23-19(26)18-14(3)22-21(29-18)25-20(27)24-16-7-5-6-13(2)12-16/h5-12H,4H2,1-3H3,(H,23,26)(H2,22,24,25,27). The first-order chi connectivity index (χ1) is 13.9. The fourth-order valence-corrected chi connectivity index (χ4v) is 3.49. The van der Waals surface area contributed by atoms with Crippen LogP contribution in [0.2, 0.25) is 0 Å². The number of carbonyl (C=O) groups is 2. The summed E-state index contributed by atoms with van der Waals surface area (Å²) in [6.07, 6.45) is 0. The highest BCUT2D eigenvalue weighted by atomic mass is 32.1. The third-order valence-corrected chi connectivity index (χ3v) is 4.99. The molecule has 0 aliphatic carbocycles. The summed E-state index contributed by atoms with van der Waals surface area (Å²) in [5.74, 6) is 0.460. The predicted molar refractivity (Wildman–Crippen MR) is 116 cm³/mol. The third kappa shape index (κ3) is 5.55. The summed E-state index contributed by atoms with van der Waals surface area (Å²) in [5, 5.41) is 8.60. The average Bonchev–Trinajstić information content (AvgIpc) is 3.03. The van der Waals surface area contributed by atoms with E-state index in [9.17, 15) is 9.59 Å². The van der Waals surface area contributed by atoms with Gasteiger partial charge in [-0.1, -0.05) is 23.5 Å². The number of hydrogen-bond donors (Lipinski definition) is 3. The monoisotopic (exact) mass is 410 g/mol. The van der Waals surface area contributed by atoms with E-state index in [0.29, 0.717) is 33.7 Å². The first kappa shape index (κ1) is 20.3.